The van der Waals surface area contributed by atoms with Crippen LogP contribution in [0.2, 0.25) is 0 Å². The van der Waals surface area contributed by atoms with Crippen molar-refractivity contribution in [3.05, 3.63) is 28.2 Å². The van der Waals surface area contributed by atoms with Gasteiger partial charge in [0, 0.05) is 49.4 Å². The zero-order chi connectivity index (χ0) is 14.1. The fourth-order valence-electron chi connectivity index (χ4n) is 1.81. The van der Waals surface area contributed by atoms with Gasteiger partial charge in [-0.05, 0) is 24.1 Å². The van der Waals surface area contributed by atoms with Gasteiger partial charge in [-0.3, -0.25) is 0 Å². The molecule has 0 amide bonds. The topological polar surface area (TPSA) is 21.7 Å². The Kier molecular flexibility index (Phi) is 8.70. The van der Waals surface area contributed by atoms with Gasteiger partial charge in [0.25, 0.3) is 0 Å². The summed E-state index contributed by atoms with van der Waals surface area (Å²) in [5.41, 5.74) is 2.47. The predicted molar refractivity (Wildman–Crippen MR) is 87.4 cm³/mol. The fraction of sp³-hybridized carbons (Fsp3) is 0.571. The molecule has 0 radical (unpaired) electrons. The Balaban J connectivity index is 2.74. The van der Waals surface area contributed by atoms with Crippen LogP contribution in [0.5, 0.6) is 0 Å². The zero-order valence-electron chi connectivity index (χ0n) is 11.5. The molecular formula is C14H21Br2NO2. The molecule has 0 saturated heterocycles. The first-order chi connectivity index (χ1) is 9.22. The van der Waals surface area contributed by atoms with Crippen LogP contribution in [0.3, 0.4) is 0 Å². The summed E-state index contributed by atoms with van der Waals surface area (Å²) in [7, 11) is 3.47. The summed E-state index contributed by atoms with van der Waals surface area (Å²) < 4.78 is 11.4. The van der Waals surface area contributed by atoms with E-state index >= 15 is 0 Å². The lowest BCUT2D eigenvalue weighted by Gasteiger charge is -2.25. The van der Waals surface area contributed by atoms with E-state index in [4.69, 9.17) is 9.47 Å². The SMILES string of the molecule is COCCCN(CCOC)c1ccc(CBr)c(Br)c1. The highest BCUT2D eigenvalue weighted by Gasteiger charge is 2.08. The number of alkyl halides is 1. The smallest absolute Gasteiger partial charge is 0.0637 e. The normalized spacial score (nSPS) is 10.7. The Morgan fingerprint density at radius 2 is 1.84 bits per heavy atom. The van der Waals surface area contributed by atoms with Crippen molar-refractivity contribution >= 4 is 37.5 Å². The molecular weight excluding hydrogens is 374 g/mol. The van der Waals surface area contributed by atoms with Gasteiger partial charge in [0.05, 0.1) is 6.61 Å². The Labute approximate surface area is 132 Å². The standard InChI is InChI=1S/C14H21Br2NO2/c1-18-8-3-6-17(7-9-19-2)13-5-4-12(11-15)14(16)10-13/h4-5,10H,3,6-9,11H2,1-2H3. The van der Waals surface area contributed by atoms with E-state index in [1.807, 2.05) is 0 Å². The molecule has 1 aromatic rings. The summed E-state index contributed by atoms with van der Waals surface area (Å²) in [5, 5.41) is 0.857. The largest absolute Gasteiger partial charge is 0.385 e. The number of halogens is 2. The summed E-state index contributed by atoms with van der Waals surface area (Å²) in [6, 6.07) is 6.47. The lowest BCUT2D eigenvalue weighted by Crippen LogP contribution is -2.29. The third-order valence-electron chi connectivity index (χ3n) is 2.89. The lowest BCUT2D eigenvalue weighted by molar-refractivity contribution is 0.191. The second kappa shape index (κ2) is 9.75. The average Bonchev–Trinajstić information content (AvgIpc) is 2.42. The van der Waals surface area contributed by atoms with Gasteiger partial charge in [-0.15, -0.1) is 0 Å². The van der Waals surface area contributed by atoms with Gasteiger partial charge >= 0.3 is 0 Å². The highest BCUT2D eigenvalue weighted by Crippen LogP contribution is 2.25. The molecule has 0 N–H and O–H groups in total. The number of ether oxygens (including phenoxy) is 2. The Morgan fingerprint density at radius 3 is 2.42 bits per heavy atom. The molecule has 0 saturated carbocycles. The number of benzene rings is 1. The van der Waals surface area contributed by atoms with Crippen LogP contribution in [-0.4, -0.2) is 40.5 Å². The molecule has 0 unspecified atom stereocenters. The van der Waals surface area contributed by atoms with Crippen molar-refractivity contribution < 1.29 is 9.47 Å². The van der Waals surface area contributed by atoms with Crippen molar-refractivity contribution in [2.45, 2.75) is 11.8 Å². The molecule has 1 aromatic carbocycles. The Hall–Kier alpha value is -0.100. The van der Waals surface area contributed by atoms with Gasteiger partial charge < -0.3 is 14.4 Å². The van der Waals surface area contributed by atoms with Gasteiger partial charge in [0.1, 0.15) is 0 Å². The maximum atomic E-state index is 5.18. The Bertz CT molecular complexity index is 374. The van der Waals surface area contributed by atoms with Crippen molar-refractivity contribution in [2.75, 3.05) is 45.4 Å². The quantitative estimate of drug-likeness (QED) is 0.469. The summed E-state index contributed by atoms with van der Waals surface area (Å²) in [5.74, 6) is 0. The van der Waals surface area contributed by atoms with Crippen LogP contribution < -0.4 is 4.90 Å². The van der Waals surface area contributed by atoms with E-state index in [9.17, 15) is 0 Å². The summed E-state index contributed by atoms with van der Waals surface area (Å²) >= 11 is 7.10. The van der Waals surface area contributed by atoms with Gasteiger partial charge in [0.15, 0.2) is 0 Å². The number of hydrogen-bond acceptors (Lipinski definition) is 3. The fourth-order valence-corrected chi connectivity index (χ4v) is 3.18. The van der Waals surface area contributed by atoms with Crippen molar-refractivity contribution in [3.8, 4) is 0 Å². The molecule has 3 nitrogen and oxygen atoms in total. The van der Waals surface area contributed by atoms with Crippen LogP contribution in [0.1, 0.15) is 12.0 Å². The maximum absolute atomic E-state index is 5.18. The monoisotopic (exact) mass is 393 g/mol. The van der Waals surface area contributed by atoms with Gasteiger partial charge in [-0.25, -0.2) is 0 Å². The second-order valence-corrected chi connectivity index (χ2v) is 5.65. The van der Waals surface area contributed by atoms with E-state index in [0.717, 1.165) is 42.5 Å². The summed E-state index contributed by atoms with van der Waals surface area (Å²) in [4.78, 5) is 2.32. The van der Waals surface area contributed by atoms with E-state index < -0.39 is 0 Å². The predicted octanol–water partition coefficient (Wildman–Crippen LogP) is 3.83. The van der Waals surface area contributed by atoms with E-state index in [2.05, 4.69) is 55.0 Å². The van der Waals surface area contributed by atoms with Crippen LogP contribution in [-0.2, 0) is 14.8 Å². The molecule has 0 aromatic heterocycles. The lowest BCUT2D eigenvalue weighted by atomic mass is 10.2. The third-order valence-corrected chi connectivity index (χ3v) is 4.23. The third kappa shape index (κ3) is 5.81. The van der Waals surface area contributed by atoms with Gasteiger partial charge in [-0.1, -0.05) is 37.9 Å². The summed E-state index contributed by atoms with van der Waals surface area (Å²) in [6.07, 6.45) is 1.01. The van der Waals surface area contributed by atoms with Crippen LogP contribution >= 0.6 is 31.9 Å². The second-order valence-electron chi connectivity index (χ2n) is 4.24. The van der Waals surface area contributed by atoms with Crippen molar-refractivity contribution in [3.63, 3.8) is 0 Å². The highest BCUT2D eigenvalue weighted by molar-refractivity contribution is 9.10. The van der Waals surface area contributed by atoms with Crippen LogP contribution in [0.25, 0.3) is 0 Å². The minimum atomic E-state index is 0.727. The van der Waals surface area contributed by atoms with Crippen LogP contribution in [0.15, 0.2) is 22.7 Å². The number of nitrogens with zero attached hydrogens (tertiary/aromatic N) is 1. The van der Waals surface area contributed by atoms with Crippen LogP contribution in [0, 0.1) is 0 Å². The summed E-state index contributed by atoms with van der Waals surface area (Å²) in [6.45, 7) is 3.37. The van der Waals surface area contributed by atoms with Crippen molar-refractivity contribution in [2.24, 2.45) is 0 Å². The zero-order valence-corrected chi connectivity index (χ0v) is 14.7. The van der Waals surface area contributed by atoms with Crippen molar-refractivity contribution in [1.29, 1.82) is 0 Å². The molecule has 0 heterocycles. The molecule has 1 rings (SSSR count). The van der Waals surface area contributed by atoms with E-state index in [-0.39, 0.29) is 0 Å². The highest BCUT2D eigenvalue weighted by atomic mass is 79.9. The number of rotatable bonds is 9. The van der Waals surface area contributed by atoms with E-state index in [0.29, 0.717) is 0 Å². The molecule has 0 bridgehead atoms. The molecule has 19 heavy (non-hydrogen) atoms. The average molecular weight is 395 g/mol. The Morgan fingerprint density at radius 1 is 1.11 bits per heavy atom. The van der Waals surface area contributed by atoms with Gasteiger partial charge in [-0.2, -0.15) is 0 Å². The first kappa shape index (κ1) is 17.0. The molecule has 0 fully saturated rings. The van der Waals surface area contributed by atoms with Gasteiger partial charge in [0.2, 0.25) is 0 Å². The number of anilines is 1. The van der Waals surface area contributed by atoms with E-state index in [1.54, 1.807) is 14.2 Å². The molecule has 0 aliphatic rings. The van der Waals surface area contributed by atoms with E-state index in [1.165, 1.54) is 11.3 Å². The molecule has 108 valence electrons. The molecule has 0 atom stereocenters. The first-order valence-electron chi connectivity index (χ1n) is 6.30. The maximum Gasteiger partial charge on any atom is 0.0637 e. The first-order valence-corrected chi connectivity index (χ1v) is 8.21. The van der Waals surface area contributed by atoms with Crippen LogP contribution in [0.4, 0.5) is 5.69 Å². The number of hydrogen-bond donors (Lipinski definition) is 0. The van der Waals surface area contributed by atoms with Crippen molar-refractivity contribution in [1.82, 2.24) is 0 Å². The molecule has 5 heteroatoms. The minimum absolute atomic E-state index is 0.727. The number of methoxy groups -OCH3 is 2. The molecule has 0 aliphatic heterocycles. The molecule has 0 aliphatic carbocycles. The molecule has 0 spiro atoms. The minimum Gasteiger partial charge on any atom is -0.385 e.